The first-order valence-corrected chi connectivity index (χ1v) is 12.0. The summed E-state index contributed by atoms with van der Waals surface area (Å²) in [5.74, 6) is 0. The van der Waals surface area contributed by atoms with Gasteiger partial charge >= 0.3 is 0 Å². The van der Waals surface area contributed by atoms with Crippen molar-refractivity contribution in [1.82, 2.24) is 19.4 Å². The van der Waals surface area contributed by atoms with Crippen molar-refractivity contribution in [2.75, 3.05) is 0 Å². The zero-order valence-electron chi connectivity index (χ0n) is 18.8. The van der Waals surface area contributed by atoms with Crippen LogP contribution in [-0.4, -0.2) is 19.4 Å². The molecule has 4 nitrogen and oxygen atoms in total. The van der Waals surface area contributed by atoms with Gasteiger partial charge in [-0.15, -0.1) is 0 Å². The summed E-state index contributed by atoms with van der Waals surface area (Å²) in [6.45, 7) is 0. The maximum atomic E-state index is 5.11. The van der Waals surface area contributed by atoms with Gasteiger partial charge in [-0.3, -0.25) is 9.38 Å². The van der Waals surface area contributed by atoms with Crippen LogP contribution in [0, 0.1) is 0 Å². The van der Waals surface area contributed by atoms with Gasteiger partial charge in [-0.05, 0) is 88.2 Å². The second-order valence-corrected chi connectivity index (χ2v) is 9.69. The normalized spacial score (nSPS) is 13.5. The Hall–Kier alpha value is -4.57. The van der Waals surface area contributed by atoms with E-state index in [2.05, 4.69) is 65.1 Å². The van der Waals surface area contributed by atoms with Gasteiger partial charge in [0.05, 0.1) is 11.0 Å². The summed E-state index contributed by atoms with van der Waals surface area (Å²) in [5.41, 5.74) is 15.9. The Bertz CT molecular complexity index is 2070. The SMILES string of the molecule is c1ccc2c(c1)Cc1cc3c(cc1-2)Cc1ccc2nc4c5ncccc5c5cccnc5n4c2c1-3. The van der Waals surface area contributed by atoms with E-state index in [0.717, 1.165) is 51.5 Å². The molecule has 35 heavy (non-hydrogen) atoms. The molecule has 0 aliphatic heterocycles. The third-order valence-electron chi connectivity index (χ3n) is 7.88. The van der Waals surface area contributed by atoms with E-state index in [-0.39, 0.29) is 0 Å². The number of hydrogen-bond acceptors (Lipinski definition) is 3. The first kappa shape index (κ1) is 17.8. The van der Waals surface area contributed by atoms with Crippen LogP contribution in [0.25, 0.3) is 60.9 Å². The van der Waals surface area contributed by atoms with Crippen molar-refractivity contribution in [3.63, 3.8) is 0 Å². The summed E-state index contributed by atoms with van der Waals surface area (Å²) in [6, 6.07) is 26.3. The largest absolute Gasteiger partial charge is 0.274 e. The summed E-state index contributed by atoms with van der Waals surface area (Å²) in [6.07, 6.45) is 5.67. The van der Waals surface area contributed by atoms with Gasteiger partial charge < -0.3 is 0 Å². The van der Waals surface area contributed by atoms with Gasteiger partial charge in [0.15, 0.2) is 5.65 Å². The predicted octanol–water partition coefficient (Wildman–Crippen LogP) is 6.73. The quantitative estimate of drug-likeness (QED) is 0.243. The maximum absolute atomic E-state index is 5.11. The molecule has 0 saturated carbocycles. The van der Waals surface area contributed by atoms with Crippen molar-refractivity contribution >= 4 is 38.6 Å². The molecule has 9 rings (SSSR count). The van der Waals surface area contributed by atoms with Crippen LogP contribution in [0.3, 0.4) is 0 Å². The van der Waals surface area contributed by atoms with Crippen molar-refractivity contribution in [3.05, 3.63) is 107 Å². The zero-order valence-corrected chi connectivity index (χ0v) is 18.8. The Kier molecular flexibility index (Phi) is 3.11. The topological polar surface area (TPSA) is 43.1 Å². The smallest absolute Gasteiger partial charge is 0.166 e. The van der Waals surface area contributed by atoms with Crippen LogP contribution in [0.1, 0.15) is 22.3 Å². The minimum Gasteiger partial charge on any atom is -0.274 e. The van der Waals surface area contributed by atoms with Crippen LogP contribution >= 0.6 is 0 Å². The monoisotopic (exact) mass is 446 g/mol. The molecule has 0 saturated heterocycles. The van der Waals surface area contributed by atoms with Crippen LogP contribution in [0.2, 0.25) is 0 Å². The Morgan fingerprint density at radius 3 is 2.37 bits per heavy atom. The van der Waals surface area contributed by atoms with Gasteiger partial charge in [-0.1, -0.05) is 36.4 Å². The number of hydrogen-bond donors (Lipinski definition) is 0. The van der Waals surface area contributed by atoms with E-state index < -0.39 is 0 Å². The molecule has 2 aliphatic carbocycles. The standard InChI is InChI=1S/C31H18N4/c1-2-6-21-17(5-1)13-19-16-25-20(15-24(19)21)14-18-9-10-26-29(27(18)25)35-30-23(8-4-12-33-30)22-7-3-11-32-28(22)31(35)34-26/h1-12,15-16H,13-14H2. The molecule has 4 aromatic heterocycles. The average Bonchev–Trinajstić information content (AvgIpc) is 3.58. The number of benzene rings is 3. The van der Waals surface area contributed by atoms with Crippen molar-refractivity contribution in [1.29, 1.82) is 0 Å². The fourth-order valence-corrected chi connectivity index (χ4v) is 6.42. The minimum absolute atomic E-state index is 0.872. The van der Waals surface area contributed by atoms with Crippen LogP contribution in [-0.2, 0) is 12.8 Å². The highest BCUT2D eigenvalue weighted by Gasteiger charge is 2.28. The molecule has 3 aromatic carbocycles. The molecule has 0 unspecified atom stereocenters. The second-order valence-electron chi connectivity index (χ2n) is 9.69. The van der Waals surface area contributed by atoms with Gasteiger partial charge in [0.2, 0.25) is 0 Å². The Balaban J connectivity index is 1.43. The molecule has 7 aromatic rings. The lowest BCUT2D eigenvalue weighted by molar-refractivity contribution is 1.22. The first-order valence-electron chi connectivity index (χ1n) is 12.0. The van der Waals surface area contributed by atoms with Crippen LogP contribution in [0.5, 0.6) is 0 Å². The molecule has 0 atom stereocenters. The highest BCUT2D eigenvalue weighted by Crippen LogP contribution is 2.47. The highest BCUT2D eigenvalue weighted by atomic mass is 15.1. The van der Waals surface area contributed by atoms with E-state index in [0.29, 0.717) is 0 Å². The van der Waals surface area contributed by atoms with Gasteiger partial charge in [0, 0.05) is 28.7 Å². The molecule has 0 amide bonds. The molecular formula is C31H18N4. The summed E-state index contributed by atoms with van der Waals surface area (Å²) in [5, 5.41) is 2.19. The molecule has 162 valence electrons. The number of fused-ring (bicyclic) bond motifs is 15. The predicted molar refractivity (Wildman–Crippen MR) is 140 cm³/mol. The number of aromatic nitrogens is 4. The molecular weight excluding hydrogens is 428 g/mol. The minimum atomic E-state index is 0.872. The number of pyridine rings is 3. The summed E-state index contributed by atoms with van der Waals surface area (Å²) >= 11 is 0. The van der Waals surface area contributed by atoms with Gasteiger partial charge in [-0.2, -0.15) is 0 Å². The second kappa shape index (κ2) is 6.10. The fourth-order valence-electron chi connectivity index (χ4n) is 6.42. The molecule has 4 heterocycles. The lowest BCUT2D eigenvalue weighted by Crippen LogP contribution is -1.96. The average molecular weight is 447 g/mol. The van der Waals surface area contributed by atoms with E-state index in [4.69, 9.17) is 15.0 Å². The van der Waals surface area contributed by atoms with Gasteiger partial charge in [-0.25, -0.2) is 9.97 Å². The third kappa shape index (κ3) is 2.15. The number of imidazole rings is 1. The maximum Gasteiger partial charge on any atom is 0.166 e. The number of nitrogens with zero attached hydrogens (tertiary/aromatic N) is 4. The molecule has 0 fully saturated rings. The Morgan fingerprint density at radius 2 is 1.40 bits per heavy atom. The lowest BCUT2D eigenvalue weighted by Gasteiger charge is -2.10. The van der Waals surface area contributed by atoms with E-state index in [9.17, 15) is 0 Å². The third-order valence-corrected chi connectivity index (χ3v) is 7.88. The fraction of sp³-hybridized carbons (Fsp3) is 0.0645. The molecule has 0 spiro atoms. The lowest BCUT2D eigenvalue weighted by atomic mass is 9.97. The van der Waals surface area contributed by atoms with E-state index >= 15 is 0 Å². The summed E-state index contributed by atoms with van der Waals surface area (Å²) in [4.78, 5) is 14.7. The first-order chi connectivity index (χ1) is 17.3. The van der Waals surface area contributed by atoms with E-state index in [1.807, 2.05) is 24.5 Å². The zero-order chi connectivity index (χ0) is 22.7. The highest BCUT2D eigenvalue weighted by molar-refractivity contribution is 6.13. The van der Waals surface area contributed by atoms with Crippen molar-refractivity contribution in [2.45, 2.75) is 12.8 Å². The molecule has 0 bridgehead atoms. The van der Waals surface area contributed by atoms with Gasteiger partial charge in [0.1, 0.15) is 11.2 Å². The summed E-state index contributed by atoms with van der Waals surface area (Å²) < 4.78 is 2.25. The number of rotatable bonds is 0. The van der Waals surface area contributed by atoms with E-state index in [1.165, 1.54) is 44.5 Å². The molecule has 2 aliphatic rings. The Morgan fingerprint density at radius 1 is 0.600 bits per heavy atom. The van der Waals surface area contributed by atoms with E-state index in [1.54, 1.807) is 0 Å². The summed E-state index contributed by atoms with van der Waals surface area (Å²) in [7, 11) is 0. The molecule has 0 radical (unpaired) electrons. The van der Waals surface area contributed by atoms with Crippen LogP contribution in [0.15, 0.2) is 85.2 Å². The van der Waals surface area contributed by atoms with Crippen LogP contribution < -0.4 is 0 Å². The van der Waals surface area contributed by atoms with Crippen LogP contribution in [0.4, 0.5) is 0 Å². The molecule has 4 heteroatoms. The molecule has 0 N–H and O–H groups in total. The Labute approximate surface area is 200 Å². The van der Waals surface area contributed by atoms with Crippen molar-refractivity contribution in [2.24, 2.45) is 0 Å². The van der Waals surface area contributed by atoms with Crippen molar-refractivity contribution in [3.8, 4) is 22.3 Å². The van der Waals surface area contributed by atoms with Gasteiger partial charge in [0.25, 0.3) is 0 Å². The van der Waals surface area contributed by atoms with Crippen molar-refractivity contribution < 1.29 is 0 Å².